The molecule has 0 saturated carbocycles. The molecule has 0 aliphatic rings. The van der Waals surface area contributed by atoms with Crippen LogP contribution in [0.3, 0.4) is 0 Å². The molecule has 1 aromatic heterocycles. The number of aromatic nitrogens is 1. The number of benzene rings is 2. The SMILES string of the molecule is FC(F)(F)c1ccc(-c2csc(-c3ccc(I)cc3)n2)cc1. The van der Waals surface area contributed by atoms with Crippen molar-refractivity contribution in [2.45, 2.75) is 6.18 Å². The highest BCUT2D eigenvalue weighted by Gasteiger charge is 2.30. The molecule has 22 heavy (non-hydrogen) atoms. The third-order valence-corrected chi connectivity index (χ3v) is 4.71. The van der Waals surface area contributed by atoms with Crippen molar-refractivity contribution in [3.8, 4) is 21.8 Å². The molecule has 0 saturated heterocycles. The van der Waals surface area contributed by atoms with Gasteiger partial charge in [0, 0.05) is 20.1 Å². The molecule has 6 heteroatoms. The van der Waals surface area contributed by atoms with Gasteiger partial charge in [-0.2, -0.15) is 13.2 Å². The van der Waals surface area contributed by atoms with E-state index >= 15 is 0 Å². The Hall–Kier alpha value is -1.41. The molecule has 0 N–H and O–H groups in total. The summed E-state index contributed by atoms with van der Waals surface area (Å²) in [5.74, 6) is 0. The van der Waals surface area contributed by atoms with Crippen LogP contribution in [-0.4, -0.2) is 4.98 Å². The Morgan fingerprint density at radius 2 is 1.45 bits per heavy atom. The Balaban J connectivity index is 1.89. The van der Waals surface area contributed by atoms with E-state index in [1.54, 1.807) is 0 Å². The molecule has 3 aromatic rings. The summed E-state index contributed by atoms with van der Waals surface area (Å²) in [7, 11) is 0. The second-order valence-corrected chi connectivity index (χ2v) is 6.72. The average molecular weight is 431 g/mol. The van der Waals surface area contributed by atoms with Gasteiger partial charge in [-0.05, 0) is 46.9 Å². The Bertz CT molecular complexity index is 776. The number of hydrogen-bond donors (Lipinski definition) is 0. The number of halogens is 4. The molecule has 0 aliphatic heterocycles. The van der Waals surface area contributed by atoms with E-state index in [9.17, 15) is 13.2 Å². The van der Waals surface area contributed by atoms with Gasteiger partial charge in [0.1, 0.15) is 5.01 Å². The third-order valence-electron chi connectivity index (χ3n) is 3.10. The highest BCUT2D eigenvalue weighted by molar-refractivity contribution is 14.1. The van der Waals surface area contributed by atoms with Gasteiger partial charge in [0.25, 0.3) is 0 Å². The Kier molecular flexibility index (Phi) is 4.22. The van der Waals surface area contributed by atoms with Gasteiger partial charge in [0.2, 0.25) is 0 Å². The molecular weight excluding hydrogens is 422 g/mol. The van der Waals surface area contributed by atoms with Crippen molar-refractivity contribution in [1.29, 1.82) is 0 Å². The molecule has 0 spiro atoms. The standard InChI is InChI=1S/C16H9F3INS/c17-16(18,19)12-5-1-10(2-6-12)14-9-22-15(21-14)11-3-7-13(20)8-4-11/h1-9H. The summed E-state index contributed by atoms with van der Waals surface area (Å²) in [6.07, 6.45) is -4.31. The van der Waals surface area contributed by atoms with Gasteiger partial charge >= 0.3 is 6.18 Å². The molecule has 0 amide bonds. The second-order valence-electron chi connectivity index (χ2n) is 4.62. The Labute approximate surface area is 143 Å². The van der Waals surface area contributed by atoms with E-state index in [0.717, 1.165) is 26.3 Å². The van der Waals surface area contributed by atoms with Crippen molar-refractivity contribution in [2.24, 2.45) is 0 Å². The summed E-state index contributed by atoms with van der Waals surface area (Å²) in [5, 5.41) is 2.71. The Morgan fingerprint density at radius 1 is 0.864 bits per heavy atom. The van der Waals surface area contributed by atoms with Gasteiger partial charge < -0.3 is 0 Å². The second kappa shape index (κ2) is 6.00. The Morgan fingerprint density at radius 3 is 2.05 bits per heavy atom. The fourth-order valence-electron chi connectivity index (χ4n) is 1.96. The van der Waals surface area contributed by atoms with Crippen LogP contribution < -0.4 is 0 Å². The average Bonchev–Trinajstić information content (AvgIpc) is 2.97. The molecule has 0 unspecified atom stereocenters. The highest BCUT2D eigenvalue weighted by atomic mass is 127. The van der Waals surface area contributed by atoms with E-state index in [0.29, 0.717) is 11.3 Å². The zero-order valence-electron chi connectivity index (χ0n) is 11.1. The van der Waals surface area contributed by atoms with Crippen LogP contribution in [0.4, 0.5) is 13.2 Å². The maximum Gasteiger partial charge on any atom is 0.416 e. The molecule has 1 heterocycles. The van der Waals surface area contributed by atoms with Crippen LogP contribution >= 0.6 is 33.9 Å². The molecule has 0 bridgehead atoms. The maximum absolute atomic E-state index is 12.6. The van der Waals surface area contributed by atoms with E-state index in [4.69, 9.17) is 0 Å². The van der Waals surface area contributed by atoms with Gasteiger partial charge in [-0.3, -0.25) is 0 Å². The number of thiazole rings is 1. The van der Waals surface area contributed by atoms with Gasteiger partial charge in [-0.15, -0.1) is 11.3 Å². The first-order chi connectivity index (χ1) is 10.4. The predicted molar refractivity (Wildman–Crippen MR) is 90.7 cm³/mol. The zero-order valence-corrected chi connectivity index (χ0v) is 14.0. The molecule has 0 radical (unpaired) electrons. The van der Waals surface area contributed by atoms with E-state index in [1.165, 1.54) is 23.5 Å². The van der Waals surface area contributed by atoms with Crippen LogP contribution in [0.1, 0.15) is 5.56 Å². The summed E-state index contributed by atoms with van der Waals surface area (Å²) in [5.41, 5.74) is 1.72. The van der Waals surface area contributed by atoms with Gasteiger partial charge in [-0.25, -0.2) is 4.98 Å². The molecule has 1 nitrogen and oxygen atoms in total. The molecule has 0 atom stereocenters. The van der Waals surface area contributed by atoms with Gasteiger partial charge in [0.15, 0.2) is 0 Å². The number of rotatable bonds is 2. The topological polar surface area (TPSA) is 12.9 Å². The van der Waals surface area contributed by atoms with Crippen molar-refractivity contribution in [3.63, 3.8) is 0 Å². The van der Waals surface area contributed by atoms with Crippen LogP contribution in [0.25, 0.3) is 21.8 Å². The van der Waals surface area contributed by atoms with Crippen molar-refractivity contribution in [1.82, 2.24) is 4.98 Å². The number of alkyl halides is 3. The quantitative estimate of drug-likeness (QED) is 0.447. The molecule has 0 fully saturated rings. The van der Waals surface area contributed by atoms with Crippen molar-refractivity contribution < 1.29 is 13.2 Å². The smallest absolute Gasteiger partial charge is 0.236 e. The van der Waals surface area contributed by atoms with E-state index < -0.39 is 11.7 Å². The lowest BCUT2D eigenvalue weighted by Crippen LogP contribution is -2.03. The molecule has 2 aromatic carbocycles. The van der Waals surface area contributed by atoms with Crippen LogP contribution in [0, 0.1) is 3.57 Å². The van der Waals surface area contributed by atoms with E-state index in [2.05, 4.69) is 27.6 Å². The maximum atomic E-state index is 12.6. The lowest BCUT2D eigenvalue weighted by Gasteiger charge is -2.06. The fraction of sp³-hybridized carbons (Fsp3) is 0.0625. The minimum atomic E-state index is -4.31. The fourth-order valence-corrected chi connectivity index (χ4v) is 3.16. The molecule has 112 valence electrons. The third kappa shape index (κ3) is 3.33. The van der Waals surface area contributed by atoms with Gasteiger partial charge in [-0.1, -0.05) is 24.3 Å². The zero-order chi connectivity index (χ0) is 15.7. The lowest BCUT2D eigenvalue weighted by molar-refractivity contribution is -0.137. The predicted octanol–water partition coefficient (Wildman–Crippen LogP) is 6.10. The van der Waals surface area contributed by atoms with Crippen LogP contribution in [0.5, 0.6) is 0 Å². The summed E-state index contributed by atoms with van der Waals surface area (Å²) >= 11 is 3.71. The van der Waals surface area contributed by atoms with Crippen molar-refractivity contribution in [3.05, 3.63) is 63.0 Å². The molecule has 3 rings (SSSR count). The first-order valence-electron chi connectivity index (χ1n) is 6.32. The lowest BCUT2D eigenvalue weighted by atomic mass is 10.1. The minimum Gasteiger partial charge on any atom is -0.236 e. The highest BCUT2D eigenvalue weighted by Crippen LogP contribution is 2.32. The summed E-state index contributed by atoms with van der Waals surface area (Å²) in [4.78, 5) is 4.51. The van der Waals surface area contributed by atoms with Crippen LogP contribution in [0.2, 0.25) is 0 Å². The van der Waals surface area contributed by atoms with E-state index in [-0.39, 0.29) is 0 Å². The van der Waals surface area contributed by atoms with Crippen molar-refractivity contribution >= 4 is 33.9 Å². The number of hydrogen-bond acceptors (Lipinski definition) is 2. The van der Waals surface area contributed by atoms with Crippen molar-refractivity contribution in [2.75, 3.05) is 0 Å². The molecular formula is C16H9F3INS. The number of nitrogens with zero attached hydrogens (tertiary/aromatic N) is 1. The molecule has 0 aliphatic carbocycles. The summed E-state index contributed by atoms with van der Waals surface area (Å²) < 4.78 is 38.8. The summed E-state index contributed by atoms with van der Waals surface area (Å²) in [6.45, 7) is 0. The normalized spacial score (nSPS) is 11.6. The minimum absolute atomic E-state index is 0.649. The van der Waals surface area contributed by atoms with Crippen LogP contribution in [-0.2, 0) is 6.18 Å². The largest absolute Gasteiger partial charge is 0.416 e. The van der Waals surface area contributed by atoms with Crippen LogP contribution in [0.15, 0.2) is 53.9 Å². The first-order valence-corrected chi connectivity index (χ1v) is 8.28. The van der Waals surface area contributed by atoms with Gasteiger partial charge in [0.05, 0.1) is 11.3 Å². The first kappa shape index (κ1) is 15.5. The summed E-state index contributed by atoms with van der Waals surface area (Å²) in [6, 6.07) is 13.0. The monoisotopic (exact) mass is 431 g/mol. The van der Waals surface area contributed by atoms with E-state index in [1.807, 2.05) is 29.6 Å².